The molecule has 0 saturated carbocycles. The molecule has 0 bridgehead atoms. The smallest absolute Gasteiger partial charge is 0.257 e. The first-order chi connectivity index (χ1) is 14.2. The number of amides is 1. The summed E-state index contributed by atoms with van der Waals surface area (Å²) in [5.74, 6) is 1.09. The Morgan fingerprint density at radius 3 is 2.73 bits per heavy atom. The van der Waals surface area contributed by atoms with Crippen LogP contribution in [0.5, 0.6) is 5.75 Å². The summed E-state index contributed by atoms with van der Waals surface area (Å²) in [7, 11) is 0. The molecule has 5 nitrogen and oxygen atoms in total. The lowest BCUT2D eigenvalue weighted by molar-refractivity contribution is 0.0932. The van der Waals surface area contributed by atoms with E-state index in [9.17, 15) is 4.79 Å². The number of nitrogens with one attached hydrogen (secondary N) is 1. The van der Waals surface area contributed by atoms with Crippen LogP contribution in [0.25, 0.3) is 11.3 Å². The van der Waals surface area contributed by atoms with Gasteiger partial charge in [0.15, 0.2) is 0 Å². The van der Waals surface area contributed by atoms with Gasteiger partial charge in [0.05, 0.1) is 11.6 Å². The molecule has 4 rings (SSSR count). The number of halogens is 1. The normalized spacial score (nSPS) is 15.6. The highest BCUT2D eigenvalue weighted by Crippen LogP contribution is 2.34. The van der Waals surface area contributed by atoms with Crippen LogP contribution >= 0.6 is 11.6 Å². The summed E-state index contributed by atoms with van der Waals surface area (Å²) in [6.07, 6.45) is 0.655. The van der Waals surface area contributed by atoms with E-state index in [2.05, 4.69) is 43.4 Å². The first-order valence-electron chi connectivity index (χ1n) is 10.0. The van der Waals surface area contributed by atoms with Gasteiger partial charge in [-0.05, 0) is 35.6 Å². The van der Waals surface area contributed by atoms with Crippen molar-refractivity contribution >= 4 is 17.5 Å². The molecule has 0 fully saturated rings. The van der Waals surface area contributed by atoms with E-state index in [1.807, 2.05) is 24.3 Å². The molecule has 0 aliphatic carbocycles. The summed E-state index contributed by atoms with van der Waals surface area (Å²) >= 11 is 6.29. The largest absolute Gasteiger partial charge is 0.488 e. The Bertz CT molecular complexity index is 1100. The molecule has 0 spiro atoms. The minimum Gasteiger partial charge on any atom is -0.488 e. The number of carbonyl (C=O) groups excluding carboxylic acids is 1. The van der Waals surface area contributed by atoms with Crippen LogP contribution in [-0.2, 0) is 11.8 Å². The third-order valence-corrected chi connectivity index (χ3v) is 5.71. The lowest BCUT2D eigenvalue weighted by Gasteiger charge is -2.19. The van der Waals surface area contributed by atoms with Gasteiger partial charge in [0.2, 0.25) is 0 Å². The average molecular weight is 425 g/mol. The van der Waals surface area contributed by atoms with Gasteiger partial charge in [-0.3, -0.25) is 4.79 Å². The van der Waals surface area contributed by atoms with Gasteiger partial charge < -0.3 is 14.6 Å². The molecular weight excluding hydrogens is 400 g/mol. The predicted octanol–water partition coefficient (Wildman–Crippen LogP) is 5.33. The molecule has 0 radical (unpaired) electrons. The molecule has 2 heterocycles. The number of ether oxygens (including phenoxy) is 1. The number of rotatable bonds is 4. The van der Waals surface area contributed by atoms with Crippen molar-refractivity contribution in [3.8, 4) is 17.0 Å². The number of hydrogen-bond acceptors (Lipinski definition) is 4. The Morgan fingerprint density at radius 1 is 1.23 bits per heavy atom. The van der Waals surface area contributed by atoms with Crippen molar-refractivity contribution in [3.05, 3.63) is 69.9 Å². The summed E-state index contributed by atoms with van der Waals surface area (Å²) in [6, 6.07) is 13.6. The van der Waals surface area contributed by atoms with Crippen molar-refractivity contribution in [2.45, 2.75) is 45.6 Å². The average Bonchev–Trinajstić information content (AvgIpc) is 3.28. The number of benzene rings is 2. The van der Waals surface area contributed by atoms with Gasteiger partial charge >= 0.3 is 0 Å². The summed E-state index contributed by atoms with van der Waals surface area (Å²) in [5, 5.41) is 7.55. The summed E-state index contributed by atoms with van der Waals surface area (Å²) in [4.78, 5) is 12.9. The second-order valence-corrected chi connectivity index (χ2v) is 9.08. The van der Waals surface area contributed by atoms with Gasteiger partial charge in [-0.2, -0.15) is 0 Å². The molecule has 30 heavy (non-hydrogen) atoms. The Hall–Kier alpha value is -2.79. The molecule has 1 aliphatic rings. The van der Waals surface area contributed by atoms with Crippen LogP contribution in [-0.4, -0.2) is 23.7 Å². The van der Waals surface area contributed by atoms with Crippen molar-refractivity contribution in [1.29, 1.82) is 0 Å². The second-order valence-electron chi connectivity index (χ2n) is 8.67. The van der Waals surface area contributed by atoms with E-state index in [0.717, 1.165) is 12.2 Å². The maximum absolute atomic E-state index is 12.9. The van der Waals surface area contributed by atoms with E-state index >= 15 is 0 Å². The monoisotopic (exact) mass is 424 g/mol. The van der Waals surface area contributed by atoms with Crippen molar-refractivity contribution in [3.63, 3.8) is 0 Å². The molecule has 1 unspecified atom stereocenters. The molecular formula is C24H25ClN2O3. The summed E-state index contributed by atoms with van der Waals surface area (Å²) in [6.45, 7) is 8.70. The molecule has 3 aromatic rings. The first-order valence-corrected chi connectivity index (χ1v) is 10.4. The van der Waals surface area contributed by atoms with Crippen molar-refractivity contribution in [2.75, 3.05) is 6.54 Å². The van der Waals surface area contributed by atoms with Crippen LogP contribution in [0.3, 0.4) is 0 Å². The fourth-order valence-corrected chi connectivity index (χ4v) is 3.90. The lowest BCUT2D eigenvalue weighted by atomic mass is 9.86. The highest BCUT2D eigenvalue weighted by atomic mass is 35.5. The van der Waals surface area contributed by atoms with Gasteiger partial charge in [0, 0.05) is 12.0 Å². The minimum absolute atomic E-state index is 0.0856. The SMILES string of the molecule is Cc1onc(-c2ccccc2Cl)c1C(=O)NCC1Cc2cc(C(C)(C)C)ccc2O1. The molecule has 2 aromatic carbocycles. The Morgan fingerprint density at radius 2 is 2.00 bits per heavy atom. The maximum atomic E-state index is 12.9. The third-order valence-electron chi connectivity index (χ3n) is 5.38. The molecule has 1 aliphatic heterocycles. The molecule has 1 aromatic heterocycles. The molecule has 156 valence electrons. The quantitative estimate of drug-likeness (QED) is 0.614. The maximum Gasteiger partial charge on any atom is 0.257 e. The molecule has 1 N–H and O–H groups in total. The molecule has 0 saturated heterocycles. The lowest BCUT2D eigenvalue weighted by Crippen LogP contribution is -2.34. The Labute approximate surface area is 181 Å². The zero-order valence-electron chi connectivity index (χ0n) is 17.6. The number of aromatic nitrogens is 1. The molecule has 1 atom stereocenters. The van der Waals surface area contributed by atoms with Gasteiger partial charge in [0.25, 0.3) is 5.91 Å². The summed E-state index contributed by atoms with van der Waals surface area (Å²) in [5.41, 5.74) is 4.05. The predicted molar refractivity (Wildman–Crippen MR) is 117 cm³/mol. The van der Waals surface area contributed by atoms with Gasteiger partial charge in [-0.25, -0.2) is 0 Å². The molecule has 1 amide bonds. The number of aryl methyl sites for hydroxylation is 1. The van der Waals surface area contributed by atoms with Crippen LogP contribution in [0.1, 0.15) is 48.0 Å². The highest BCUT2D eigenvalue weighted by molar-refractivity contribution is 6.33. The second kappa shape index (κ2) is 7.80. The standard InChI is InChI=1S/C24H25ClN2O3/c1-14-21(22(27-30-14)18-7-5-6-8-19(18)25)23(28)26-13-17-12-15-11-16(24(2,3)4)9-10-20(15)29-17/h5-11,17H,12-13H2,1-4H3,(H,26,28). The van der Waals surface area contributed by atoms with Crippen LogP contribution in [0.4, 0.5) is 0 Å². The van der Waals surface area contributed by atoms with Crippen LogP contribution in [0, 0.1) is 6.92 Å². The first kappa shape index (κ1) is 20.5. The minimum atomic E-state index is -0.251. The number of fused-ring (bicyclic) bond motifs is 1. The highest BCUT2D eigenvalue weighted by Gasteiger charge is 2.27. The van der Waals surface area contributed by atoms with Crippen molar-refractivity contribution in [1.82, 2.24) is 10.5 Å². The zero-order chi connectivity index (χ0) is 21.5. The van der Waals surface area contributed by atoms with E-state index in [1.54, 1.807) is 13.0 Å². The Balaban J connectivity index is 1.46. The van der Waals surface area contributed by atoms with Crippen LogP contribution < -0.4 is 10.1 Å². The van der Waals surface area contributed by atoms with Crippen molar-refractivity contribution < 1.29 is 14.1 Å². The van der Waals surface area contributed by atoms with Crippen LogP contribution in [0.15, 0.2) is 47.0 Å². The fraction of sp³-hybridized carbons (Fsp3) is 0.333. The number of carbonyl (C=O) groups is 1. The third kappa shape index (κ3) is 3.94. The molecule has 6 heteroatoms. The number of hydrogen-bond donors (Lipinski definition) is 1. The van der Waals surface area contributed by atoms with Crippen molar-refractivity contribution in [2.24, 2.45) is 0 Å². The number of nitrogens with zero attached hydrogens (tertiary/aromatic N) is 1. The van der Waals surface area contributed by atoms with E-state index in [0.29, 0.717) is 34.1 Å². The topological polar surface area (TPSA) is 64.4 Å². The van der Waals surface area contributed by atoms with Crippen LogP contribution in [0.2, 0.25) is 5.02 Å². The van der Waals surface area contributed by atoms with Gasteiger partial charge in [-0.15, -0.1) is 0 Å². The van der Waals surface area contributed by atoms with E-state index in [1.165, 1.54) is 11.1 Å². The summed E-state index contributed by atoms with van der Waals surface area (Å²) < 4.78 is 11.3. The van der Waals surface area contributed by atoms with Gasteiger partial charge in [0.1, 0.15) is 28.9 Å². The zero-order valence-corrected chi connectivity index (χ0v) is 18.3. The van der Waals surface area contributed by atoms with E-state index < -0.39 is 0 Å². The van der Waals surface area contributed by atoms with E-state index in [-0.39, 0.29) is 17.4 Å². The van der Waals surface area contributed by atoms with Gasteiger partial charge in [-0.1, -0.05) is 67.9 Å². The Kier molecular flexibility index (Phi) is 5.33. The fourth-order valence-electron chi connectivity index (χ4n) is 3.67. The van der Waals surface area contributed by atoms with E-state index in [4.69, 9.17) is 20.9 Å².